The number of anilines is 1. The average Bonchev–Trinajstić information content (AvgIpc) is 2.75. The summed E-state index contributed by atoms with van der Waals surface area (Å²) in [4.78, 5) is 31.7. The van der Waals surface area contributed by atoms with Crippen molar-refractivity contribution in [2.24, 2.45) is 10.7 Å². The van der Waals surface area contributed by atoms with Crippen LogP contribution in [0.3, 0.4) is 0 Å². The number of hydrogen-bond acceptors (Lipinski definition) is 6. The Kier molecular flexibility index (Phi) is 8.89. The highest BCUT2D eigenvalue weighted by Gasteiger charge is 2.17. The van der Waals surface area contributed by atoms with Gasteiger partial charge in [-0.05, 0) is 43.7 Å². The van der Waals surface area contributed by atoms with Gasteiger partial charge in [0.1, 0.15) is 5.84 Å². The molecule has 1 atom stereocenters. The molecule has 0 fully saturated rings. The molecule has 0 amide bonds. The van der Waals surface area contributed by atoms with Crippen molar-refractivity contribution in [2.75, 3.05) is 19.0 Å². The van der Waals surface area contributed by atoms with Gasteiger partial charge in [-0.25, -0.2) is 0 Å². The minimum Gasteiger partial charge on any atom is -0.469 e. The van der Waals surface area contributed by atoms with E-state index in [1.165, 1.54) is 14.0 Å². The van der Waals surface area contributed by atoms with E-state index in [4.69, 9.17) is 5.73 Å². The first-order valence-corrected chi connectivity index (χ1v) is 10.1. The monoisotopic (exact) mass is 472 g/mol. The molecule has 1 aromatic carbocycles. The molecule has 2 aromatic rings. The van der Waals surface area contributed by atoms with Gasteiger partial charge < -0.3 is 15.8 Å². The van der Waals surface area contributed by atoms with Crippen molar-refractivity contribution in [3.8, 4) is 0 Å². The lowest BCUT2D eigenvalue weighted by molar-refractivity contribution is -0.140. The van der Waals surface area contributed by atoms with E-state index < -0.39 is 6.04 Å². The number of halogens is 1. The van der Waals surface area contributed by atoms with E-state index in [1.54, 1.807) is 6.20 Å². The highest BCUT2D eigenvalue weighted by atomic mass is 79.9. The Labute approximate surface area is 184 Å². The van der Waals surface area contributed by atoms with Crippen molar-refractivity contribution in [1.82, 2.24) is 4.98 Å². The zero-order valence-corrected chi connectivity index (χ0v) is 18.6. The second-order valence-electron chi connectivity index (χ2n) is 6.63. The van der Waals surface area contributed by atoms with E-state index in [-0.39, 0.29) is 24.7 Å². The number of nitrogens with one attached hydrogen (secondary N) is 1. The highest BCUT2D eigenvalue weighted by Crippen LogP contribution is 2.30. The van der Waals surface area contributed by atoms with Crippen LogP contribution < -0.4 is 11.1 Å². The normalized spacial score (nSPS) is 12.2. The molecule has 0 aliphatic rings. The number of hydrogen-bond donors (Lipinski definition) is 2. The molecule has 0 bridgehead atoms. The van der Waals surface area contributed by atoms with Crippen LogP contribution in [-0.2, 0) is 14.3 Å². The van der Waals surface area contributed by atoms with Crippen molar-refractivity contribution >= 4 is 44.8 Å². The topological polar surface area (TPSA) is 107 Å². The number of carbonyl (C=O) groups is 2. The fourth-order valence-electron chi connectivity index (χ4n) is 2.65. The van der Waals surface area contributed by atoms with Gasteiger partial charge in [0.05, 0.1) is 25.4 Å². The number of benzene rings is 1. The Morgan fingerprint density at radius 2 is 2.10 bits per heavy atom. The Hall–Kier alpha value is -2.84. The molecule has 0 radical (unpaired) electrons. The molecule has 8 heteroatoms. The first-order valence-electron chi connectivity index (χ1n) is 9.35. The number of pyridine rings is 1. The second-order valence-corrected chi connectivity index (χ2v) is 7.55. The fourth-order valence-corrected chi connectivity index (χ4v) is 3.01. The third-order valence-corrected chi connectivity index (χ3v) is 4.75. The first-order chi connectivity index (χ1) is 14.3. The number of ether oxygens (including phenoxy) is 1. The van der Waals surface area contributed by atoms with Crippen LogP contribution in [-0.4, -0.2) is 42.3 Å². The number of nitrogens with two attached hydrogens (primary N) is 1. The van der Waals surface area contributed by atoms with Gasteiger partial charge in [0.2, 0.25) is 0 Å². The van der Waals surface area contributed by atoms with Crippen molar-refractivity contribution in [2.45, 2.75) is 25.8 Å². The molecule has 0 saturated carbocycles. The number of amidine groups is 1. The van der Waals surface area contributed by atoms with Crippen molar-refractivity contribution in [1.29, 1.82) is 0 Å². The van der Waals surface area contributed by atoms with Crippen LogP contribution in [0.5, 0.6) is 0 Å². The predicted molar refractivity (Wildman–Crippen MR) is 122 cm³/mol. The maximum Gasteiger partial charge on any atom is 0.305 e. The van der Waals surface area contributed by atoms with Gasteiger partial charge in [0.25, 0.3) is 0 Å². The van der Waals surface area contributed by atoms with Gasteiger partial charge in [-0.1, -0.05) is 28.6 Å². The third kappa shape index (κ3) is 6.89. The molecule has 0 aliphatic heterocycles. The molecular formula is C22H25BrN4O3. The largest absolute Gasteiger partial charge is 0.469 e. The molecule has 0 spiro atoms. The number of ketones is 1. The van der Waals surface area contributed by atoms with Gasteiger partial charge >= 0.3 is 5.97 Å². The lowest BCUT2D eigenvalue weighted by Crippen LogP contribution is -2.37. The summed E-state index contributed by atoms with van der Waals surface area (Å²) in [5.74, 6) is -0.0425. The number of carbonyl (C=O) groups excluding carboxylic acids is 2. The number of Topliss-reactive ketones (excluding diaryl/α,β-unsaturated/α-hetero) is 1. The van der Waals surface area contributed by atoms with Gasteiger partial charge in [-0.3, -0.25) is 19.6 Å². The number of rotatable bonds is 9. The molecule has 2 rings (SSSR count). The molecular weight excluding hydrogens is 448 g/mol. The van der Waals surface area contributed by atoms with Crippen LogP contribution in [0.25, 0.3) is 5.57 Å². The molecule has 0 saturated heterocycles. The molecule has 1 heterocycles. The van der Waals surface area contributed by atoms with Gasteiger partial charge in [-0.2, -0.15) is 0 Å². The van der Waals surface area contributed by atoms with E-state index in [1.807, 2.05) is 36.4 Å². The van der Waals surface area contributed by atoms with Crippen LogP contribution >= 0.6 is 15.9 Å². The van der Waals surface area contributed by atoms with E-state index in [0.717, 1.165) is 15.7 Å². The highest BCUT2D eigenvalue weighted by molar-refractivity contribution is 9.10. The summed E-state index contributed by atoms with van der Waals surface area (Å²) in [7, 11) is 1.33. The Morgan fingerprint density at radius 3 is 2.73 bits per heavy atom. The maximum absolute atomic E-state index is 11.5. The lowest BCUT2D eigenvalue weighted by Gasteiger charge is -2.20. The average molecular weight is 473 g/mol. The number of methoxy groups -OCH3 is 1. The predicted octanol–water partition coefficient (Wildman–Crippen LogP) is 3.59. The molecule has 30 heavy (non-hydrogen) atoms. The fraction of sp³-hybridized carbons (Fsp3) is 0.273. The van der Waals surface area contributed by atoms with Gasteiger partial charge in [0.15, 0.2) is 5.78 Å². The zero-order chi connectivity index (χ0) is 22.1. The lowest BCUT2D eigenvalue weighted by atomic mass is 10.0. The molecule has 1 aromatic heterocycles. The summed E-state index contributed by atoms with van der Waals surface area (Å²) in [5, 5.41) is 3.23. The van der Waals surface area contributed by atoms with Gasteiger partial charge in [-0.15, -0.1) is 0 Å². The van der Waals surface area contributed by atoms with E-state index in [0.29, 0.717) is 23.5 Å². The van der Waals surface area contributed by atoms with Crippen LogP contribution in [0.4, 0.5) is 5.69 Å². The third-order valence-electron chi connectivity index (χ3n) is 4.25. The van der Waals surface area contributed by atoms with Crippen molar-refractivity contribution in [3.63, 3.8) is 0 Å². The number of nitrogens with zero attached hydrogens (tertiary/aromatic N) is 2. The minimum atomic E-state index is -0.580. The second kappa shape index (κ2) is 11.4. The minimum absolute atomic E-state index is 0.0126. The van der Waals surface area contributed by atoms with Crippen LogP contribution in [0.15, 0.2) is 58.6 Å². The summed E-state index contributed by atoms with van der Waals surface area (Å²) in [6, 6.07) is 10.7. The molecule has 3 N–H and O–H groups in total. The summed E-state index contributed by atoms with van der Waals surface area (Å²) in [6.45, 7) is 5.63. The summed E-state index contributed by atoms with van der Waals surface area (Å²) >= 11 is 3.49. The number of aromatic nitrogens is 1. The molecule has 158 valence electrons. The zero-order valence-electron chi connectivity index (χ0n) is 17.0. The van der Waals surface area contributed by atoms with E-state index >= 15 is 0 Å². The Bertz CT molecular complexity index is 945. The standard InChI is InChI=1S/C22H25BrN4O3/c1-14(28)13-26-22(18(24)8-10-21(29)30-3)27-20-9-7-16(23)12-17(20)15(2)19-6-4-5-11-25-19/h4-7,9,11-12,18H,2,8,10,13,24H2,1,3H3,(H,26,27)/t18-/m0/s1. The number of esters is 1. The summed E-state index contributed by atoms with van der Waals surface area (Å²) in [5.41, 5.74) is 9.23. The van der Waals surface area contributed by atoms with E-state index in [9.17, 15) is 9.59 Å². The van der Waals surface area contributed by atoms with Crippen molar-refractivity contribution < 1.29 is 14.3 Å². The van der Waals surface area contributed by atoms with E-state index in [2.05, 4.69) is 42.5 Å². The molecule has 7 nitrogen and oxygen atoms in total. The summed E-state index contributed by atoms with van der Waals surface area (Å²) in [6.07, 6.45) is 2.17. The number of aliphatic imine (C=N–C) groups is 1. The Morgan fingerprint density at radius 1 is 1.33 bits per heavy atom. The SMILES string of the molecule is C=C(c1ccccn1)c1cc(Br)ccc1NC(=NCC(C)=O)[C@@H](N)CCC(=O)OC. The summed E-state index contributed by atoms with van der Waals surface area (Å²) < 4.78 is 5.55. The first kappa shape index (κ1) is 23.4. The van der Waals surface area contributed by atoms with Crippen LogP contribution in [0.2, 0.25) is 0 Å². The Balaban J connectivity index is 2.35. The van der Waals surface area contributed by atoms with Crippen LogP contribution in [0.1, 0.15) is 31.0 Å². The maximum atomic E-state index is 11.5. The van der Waals surface area contributed by atoms with Crippen molar-refractivity contribution in [3.05, 3.63) is 64.9 Å². The quantitative estimate of drug-likeness (QED) is 0.328. The van der Waals surface area contributed by atoms with Gasteiger partial charge in [0, 0.05) is 33.9 Å². The molecule has 0 unspecified atom stereocenters. The molecule has 0 aliphatic carbocycles. The smallest absolute Gasteiger partial charge is 0.305 e. The van der Waals surface area contributed by atoms with Crippen LogP contribution in [0, 0.1) is 0 Å².